The zero-order chi connectivity index (χ0) is 16.8. The average Bonchev–Trinajstić information content (AvgIpc) is 2.55. The zero-order valence-corrected chi connectivity index (χ0v) is 14.0. The van der Waals surface area contributed by atoms with E-state index < -0.39 is 0 Å². The molecule has 0 spiro atoms. The van der Waals surface area contributed by atoms with Crippen molar-refractivity contribution in [3.05, 3.63) is 63.9 Å². The molecule has 1 amide bonds. The second kappa shape index (κ2) is 7.87. The number of likely N-dealkylation sites (N-methyl/N-ethyl adjacent to an activating group) is 1. The van der Waals surface area contributed by atoms with E-state index >= 15 is 0 Å². The van der Waals surface area contributed by atoms with Crippen LogP contribution in [-0.2, 0) is 11.3 Å². The topological polar surface area (TPSA) is 46.6 Å². The SMILES string of the molecule is CN(Cc1ccc(F)cc1)C(=O)COc1ccc(Br)cc1C=O. The van der Waals surface area contributed by atoms with Crippen molar-refractivity contribution in [2.24, 2.45) is 0 Å². The summed E-state index contributed by atoms with van der Waals surface area (Å²) in [5.41, 5.74) is 1.19. The van der Waals surface area contributed by atoms with Crippen LogP contribution in [0.2, 0.25) is 0 Å². The molecule has 0 saturated heterocycles. The predicted octanol–water partition coefficient (Wildman–Crippen LogP) is 3.44. The fraction of sp³-hybridized carbons (Fsp3) is 0.176. The van der Waals surface area contributed by atoms with E-state index in [-0.39, 0.29) is 18.3 Å². The Kier molecular flexibility index (Phi) is 5.87. The maximum Gasteiger partial charge on any atom is 0.260 e. The lowest BCUT2D eigenvalue weighted by molar-refractivity contribution is -0.132. The molecule has 23 heavy (non-hydrogen) atoms. The van der Waals surface area contributed by atoms with Crippen LogP contribution in [0.1, 0.15) is 15.9 Å². The molecule has 0 atom stereocenters. The molecule has 0 bridgehead atoms. The first kappa shape index (κ1) is 17.1. The highest BCUT2D eigenvalue weighted by Gasteiger charge is 2.12. The number of hydrogen-bond donors (Lipinski definition) is 0. The lowest BCUT2D eigenvalue weighted by Gasteiger charge is -2.18. The first-order valence-corrected chi connectivity index (χ1v) is 7.65. The van der Waals surface area contributed by atoms with Crippen molar-refractivity contribution >= 4 is 28.1 Å². The van der Waals surface area contributed by atoms with E-state index in [2.05, 4.69) is 15.9 Å². The normalized spacial score (nSPS) is 10.2. The largest absolute Gasteiger partial charge is 0.483 e. The van der Waals surface area contributed by atoms with Crippen LogP contribution in [0.25, 0.3) is 0 Å². The van der Waals surface area contributed by atoms with Gasteiger partial charge < -0.3 is 9.64 Å². The van der Waals surface area contributed by atoms with Gasteiger partial charge in [-0.1, -0.05) is 28.1 Å². The van der Waals surface area contributed by atoms with Gasteiger partial charge in [0.05, 0.1) is 5.56 Å². The van der Waals surface area contributed by atoms with Gasteiger partial charge in [-0.05, 0) is 35.9 Å². The van der Waals surface area contributed by atoms with E-state index in [1.165, 1.54) is 17.0 Å². The van der Waals surface area contributed by atoms with Crippen molar-refractivity contribution in [2.75, 3.05) is 13.7 Å². The van der Waals surface area contributed by atoms with Gasteiger partial charge in [0.1, 0.15) is 11.6 Å². The second-order valence-corrected chi connectivity index (χ2v) is 5.88. The third-order valence-electron chi connectivity index (χ3n) is 3.21. The van der Waals surface area contributed by atoms with Crippen LogP contribution in [-0.4, -0.2) is 30.7 Å². The summed E-state index contributed by atoms with van der Waals surface area (Å²) < 4.78 is 19.0. The van der Waals surface area contributed by atoms with Crippen molar-refractivity contribution in [3.63, 3.8) is 0 Å². The fourth-order valence-electron chi connectivity index (χ4n) is 1.94. The number of ether oxygens (including phenoxy) is 1. The van der Waals surface area contributed by atoms with Gasteiger partial charge in [-0.2, -0.15) is 0 Å². The summed E-state index contributed by atoms with van der Waals surface area (Å²) >= 11 is 3.27. The third-order valence-corrected chi connectivity index (χ3v) is 3.70. The van der Waals surface area contributed by atoms with Gasteiger partial charge in [0.25, 0.3) is 5.91 Å². The lowest BCUT2D eigenvalue weighted by atomic mass is 10.2. The molecule has 0 saturated carbocycles. The second-order valence-electron chi connectivity index (χ2n) is 4.96. The molecule has 0 aliphatic carbocycles. The average molecular weight is 380 g/mol. The molecule has 0 radical (unpaired) electrons. The summed E-state index contributed by atoms with van der Waals surface area (Å²) in [5, 5.41) is 0. The van der Waals surface area contributed by atoms with Crippen LogP contribution < -0.4 is 4.74 Å². The number of carbonyl (C=O) groups is 2. The summed E-state index contributed by atoms with van der Waals surface area (Å²) in [7, 11) is 1.64. The highest BCUT2D eigenvalue weighted by Crippen LogP contribution is 2.21. The molecule has 2 aromatic rings. The highest BCUT2D eigenvalue weighted by molar-refractivity contribution is 9.10. The molecule has 4 nitrogen and oxygen atoms in total. The molecule has 0 N–H and O–H groups in total. The highest BCUT2D eigenvalue weighted by atomic mass is 79.9. The minimum Gasteiger partial charge on any atom is -0.483 e. The lowest BCUT2D eigenvalue weighted by Crippen LogP contribution is -2.31. The third kappa shape index (κ3) is 4.89. The number of rotatable bonds is 6. The zero-order valence-electron chi connectivity index (χ0n) is 12.5. The number of hydrogen-bond acceptors (Lipinski definition) is 3. The molecule has 0 unspecified atom stereocenters. The molecule has 0 heterocycles. The Morgan fingerprint density at radius 3 is 2.61 bits per heavy atom. The predicted molar refractivity (Wildman–Crippen MR) is 87.9 cm³/mol. The van der Waals surface area contributed by atoms with Crippen LogP contribution in [0.5, 0.6) is 5.75 Å². The van der Waals surface area contributed by atoms with Crippen LogP contribution >= 0.6 is 15.9 Å². The molecule has 0 aromatic heterocycles. The summed E-state index contributed by atoms with van der Waals surface area (Å²) in [6.07, 6.45) is 0.673. The molecule has 6 heteroatoms. The quantitative estimate of drug-likeness (QED) is 0.722. The molecule has 2 rings (SSSR count). The van der Waals surface area contributed by atoms with Crippen molar-refractivity contribution in [1.29, 1.82) is 0 Å². The summed E-state index contributed by atoms with van der Waals surface area (Å²) in [5.74, 6) is -0.205. The van der Waals surface area contributed by atoms with Gasteiger partial charge in [-0.15, -0.1) is 0 Å². The van der Waals surface area contributed by atoms with Crippen molar-refractivity contribution in [1.82, 2.24) is 4.90 Å². The Balaban J connectivity index is 1.93. The van der Waals surface area contributed by atoms with Crippen molar-refractivity contribution < 1.29 is 18.7 Å². The van der Waals surface area contributed by atoms with Crippen LogP contribution in [0.4, 0.5) is 4.39 Å². The molecule has 0 aliphatic rings. The Morgan fingerprint density at radius 2 is 1.96 bits per heavy atom. The number of amides is 1. The van der Waals surface area contributed by atoms with Crippen LogP contribution in [0.3, 0.4) is 0 Å². The van der Waals surface area contributed by atoms with Gasteiger partial charge in [-0.25, -0.2) is 4.39 Å². The van der Waals surface area contributed by atoms with Gasteiger partial charge in [0, 0.05) is 18.1 Å². The number of aldehydes is 1. The first-order chi connectivity index (χ1) is 11.0. The van der Waals surface area contributed by atoms with E-state index in [1.54, 1.807) is 37.4 Å². The van der Waals surface area contributed by atoms with E-state index in [9.17, 15) is 14.0 Å². The number of carbonyl (C=O) groups excluding carboxylic acids is 2. The summed E-state index contributed by atoms with van der Waals surface area (Å²) in [6, 6.07) is 10.9. The van der Waals surface area contributed by atoms with E-state index in [1.807, 2.05) is 0 Å². The molecular formula is C17H15BrFNO3. The fourth-order valence-corrected chi connectivity index (χ4v) is 2.32. The standard InChI is InChI=1S/C17H15BrFNO3/c1-20(9-12-2-5-15(19)6-3-12)17(22)11-23-16-7-4-14(18)8-13(16)10-21/h2-8,10H,9,11H2,1H3. The van der Waals surface area contributed by atoms with Crippen LogP contribution in [0.15, 0.2) is 46.9 Å². The number of nitrogens with zero attached hydrogens (tertiary/aromatic N) is 1. The molecule has 120 valence electrons. The molecule has 2 aromatic carbocycles. The number of halogens is 2. The van der Waals surface area contributed by atoms with E-state index in [4.69, 9.17) is 4.74 Å². The van der Waals surface area contributed by atoms with Crippen molar-refractivity contribution in [3.8, 4) is 5.75 Å². The van der Waals surface area contributed by atoms with Crippen LogP contribution in [0, 0.1) is 5.82 Å². The minimum absolute atomic E-state index is 0.180. The monoisotopic (exact) mass is 379 g/mol. The van der Waals surface area contributed by atoms with Gasteiger partial charge in [-0.3, -0.25) is 9.59 Å². The Labute approximate surface area is 142 Å². The minimum atomic E-state index is -0.317. The first-order valence-electron chi connectivity index (χ1n) is 6.85. The van der Waals surface area contributed by atoms with Crippen molar-refractivity contribution in [2.45, 2.75) is 6.54 Å². The maximum atomic E-state index is 12.9. The number of benzene rings is 2. The molecule has 0 fully saturated rings. The van der Waals surface area contributed by atoms with E-state index in [0.29, 0.717) is 24.1 Å². The van der Waals surface area contributed by atoms with Gasteiger partial charge >= 0.3 is 0 Å². The van der Waals surface area contributed by atoms with E-state index in [0.717, 1.165) is 10.0 Å². The molecule has 0 aliphatic heterocycles. The summed E-state index contributed by atoms with van der Waals surface area (Å²) in [4.78, 5) is 24.6. The Bertz CT molecular complexity index is 703. The summed E-state index contributed by atoms with van der Waals surface area (Å²) in [6.45, 7) is 0.170. The maximum absolute atomic E-state index is 12.9. The van der Waals surface area contributed by atoms with Gasteiger partial charge in [0.2, 0.25) is 0 Å². The van der Waals surface area contributed by atoms with Gasteiger partial charge in [0.15, 0.2) is 12.9 Å². The Hall–Kier alpha value is -2.21. The smallest absolute Gasteiger partial charge is 0.260 e. The molecular weight excluding hydrogens is 365 g/mol. The Morgan fingerprint density at radius 1 is 1.26 bits per heavy atom.